The van der Waals surface area contributed by atoms with Gasteiger partial charge in [-0.2, -0.15) is 0 Å². The SMILES string of the molecule is c1ccc(-c2nc(-c3ccccc3-c3nc(-c4ccccc4)n4ccccc34)c3ccccn23)cc1. The maximum absolute atomic E-state index is 5.19. The Morgan fingerprint density at radius 1 is 0.389 bits per heavy atom. The van der Waals surface area contributed by atoms with Crippen LogP contribution in [-0.2, 0) is 0 Å². The lowest BCUT2D eigenvalue weighted by Crippen LogP contribution is -1.88. The Morgan fingerprint density at radius 3 is 1.22 bits per heavy atom. The summed E-state index contributed by atoms with van der Waals surface area (Å²) in [6.07, 6.45) is 4.16. The standard InChI is InChI=1S/C32H22N4/c1-3-13-23(14-4-1)31-33-29(27-19-9-11-21-35(27)31)25-17-7-8-18-26(25)30-28-20-10-12-22-36(28)32(34-30)24-15-5-2-6-16-24/h1-22H. The van der Waals surface area contributed by atoms with Crippen LogP contribution in [0.2, 0.25) is 0 Å². The molecule has 0 bridgehead atoms. The molecule has 0 atom stereocenters. The second kappa shape index (κ2) is 8.36. The first kappa shape index (κ1) is 20.4. The van der Waals surface area contributed by atoms with E-state index in [2.05, 4.69) is 118 Å². The van der Waals surface area contributed by atoms with E-state index in [1.807, 2.05) is 24.3 Å². The highest BCUT2D eigenvalue weighted by Gasteiger charge is 2.20. The van der Waals surface area contributed by atoms with Gasteiger partial charge >= 0.3 is 0 Å². The smallest absolute Gasteiger partial charge is 0.145 e. The minimum Gasteiger partial charge on any atom is -0.299 e. The molecule has 7 aromatic rings. The lowest BCUT2D eigenvalue weighted by atomic mass is 10.0. The van der Waals surface area contributed by atoms with Crippen molar-refractivity contribution in [3.63, 3.8) is 0 Å². The van der Waals surface area contributed by atoms with E-state index < -0.39 is 0 Å². The van der Waals surface area contributed by atoms with Crippen molar-refractivity contribution in [3.8, 4) is 45.3 Å². The first-order valence-electron chi connectivity index (χ1n) is 12.0. The first-order valence-corrected chi connectivity index (χ1v) is 12.0. The molecule has 3 aromatic carbocycles. The van der Waals surface area contributed by atoms with E-state index in [9.17, 15) is 0 Å². The molecule has 0 saturated carbocycles. The van der Waals surface area contributed by atoms with E-state index in [1.165, 1.54) is 0 Å². The Bertz CT molecular complexity index is 1690. The highest BCUT2D eigenvalue weighted by molar-refractivity contribution is 5.94. The lowest BCUT2D eigenvalue weighted by molar-refractivity contribution is 1.16. The summed E-state index contributed by atoms with van der Waals surface area (Å²) in [5.74, 6) is 1.85. The van der Waals surface area contributed by atoms with Crippen molar-refractivity contribution < 1.29 is 0 Å². The molecule has 0 aliphatic rings. The van der Waals surface area contributed by atoms with Gasteiger partial charge < -0.3 is 0 Å². The van der Waals surface area contributed by atoms with Crippen LogP contribution in [0.4, 0.5) is 0 Å². The third-order valence-electron chi connectivity index (χ3n) is 6.60. The molecule has 0 fully saturated rings. The van der Waals surface area contributed by atoms with Crippen LogP contribution in [-0.4, -0.2) is 18.8 Å². The Balaban J connectivity index is 1.49. The van der Waals surface area contributed by atoms with Crippen LogP contribution in [0.1, 0.15) is 0 Å². The van der Waals surface area contributed by atoms with E-state index in [0.717, 1.165) is 56.3 Å². The molecule has 4 nitrogen and oxygen atoms in total. The zero-order chi connectivity index (χ0) is 23.9. The Hall–Kier alpha value is -4.96. The van der Waals surface area contributed by atoms with Gasteiger partial charge in [0.15, 0.2) is 0 Å². The number of hydrogen-bond acceptors (Lipinski definition) is 2. The molecule has 170 valence electrons. The molecule has 0 radical (unpaired) electrons. The number of nitrogens with zero attached hydrogens (tertiary/aromatic N) is 4. The van der Waals surface area contributed by atoms with Crippen molar-refractivity contribution in [2.75, 3.05) is 0 Å². The summed E-state index contributed by atoms with van der Waals surface area (Å²) >= 11 is 0. The van der Waals surface area contributed by atoms with E-state index in [1.54, 1.807) is 0 Å². The van der Waals surface area contributed by atoms with Gasteiger partial charge in [-0.25, -0.2) is 9.97 Å². The summed E-state index contributed by atoms with van der Waals surface area (Å²) < 4.78 is 4.34. The Labute approximate surface area is 208 Å². The largest absolute Gasteiger partial charge is 0.299 e. The molecule has 0 aliphatic carbocycles. The molecule has 0 unspecified atom stereocenters. The maximum Gasteiger partial charge on any atom is 0.145 e. The summed E-state index contributed by atoms with van der Waals surface area (Å²) in [6.45, 7) is 0. The van der Waals surface area contributed by atoms with Crippen molar-refractivity contribution in [1.29, 1.82) is 0 Å². The number of aromatic nitrogens is 4. The minimum atomic E-state index is 0.927. The molecular formula is C32H22N4. The Kier molecular flexibility index (Phi) is 4.74. The molecule has 0 aliphatic heterocycles. The van der Waals surface area contributed by atoms with E-state index in [4.69, 9.17) is 9.97 Å². The molecule has 4 heteroatoms. The van der Waals surface area contributed by atoms with Crippen LogP contribution in [0.3, 0.4) is 0 Å². The number of imidazole rings is 2. The molecular weight excluding hydrogens is 440 g/mol. The topological polar surface area (TPSA) is 34.6 Å². The number of rotatable bonds is 4. The number of pyridine rings is 2. The quantitative estimate of drug-likeness (QED) is 0.269. The number of fused-ring (bicyclic) bond motifs is 2. The molecule has 4 heterocycles. The van der Waals surface area contributed by atoms with Crippen molar-refractivity contribution >= 4 is 11.0 Å². The lowest BCUT2D eigenvalue weighted by Gasteiger charge is -2.07. The molecule has 0 saturated heterocycles. The normalized spacial score (nSPS) is 11.3. The summed E-state index contributed by atoms with van der Waals surface area (Å²) in [4.78, 5) is 10.4. The van der Waals surface area contributed by atoms with Crippen molar-refractivity contribution in [2.45, 2.75) is 0 Å². The second-order valence-corrected chi connectivity index (χ2v) is 8.76. The fourth-order valence-corrected chi connectivity index (χ4v) is 4.95. The maximum atomic E-state index is 5.19. The summed E-state index contributed by atoms with van der Waals surface area (Å²) in [7, 11) is 0. The molecule has 4 aromatic heterocycles. The van der Waals surface area contributed by atoms with Crippen LogP contribution in [0.5, 0.6) is 0 Å². The van der Waals surface area contributed by atoms with Crippen LogP contribution in [0.25, 0.3) is 56.3 Å². The fourth-order valence-electron chi connectivity index (χ4n) is 4.95. The molecule has 7 rings (SSSR count). The third kappa shape index (κ3) is 3.23. The summed E-state index contributed by atoms with van der Waals surface area (Å²) in [5.41, 5.74) is 8.32. The van der Waals surface area contributed by atoms with Gasteiger partial charge in [0, 0.05) is 34.6 Å². The van der Waals surface area contributed by atoms with E-state index in [-0.39, 0.29) is 0 Å². The van der Waals surface area contributed by atoms with Gasteiger partial charge in [-0.1, -0.05) is 97.1 Å². The van der Waals surface area contributed by atoms with Crippen LogP contribution < -0.4 is 0 Å². The molecule has 0 spiro atoms. The average molecular weight is 463 g/mol. The summed E-state index contributed by atoms with van der Waals surface area (Å²) in [5, 5.41) is 0. The predicted octanol–water partition coefficient (Wildman–Crippen LogP) is 7.65. The van der Waals surface area contributed by atoms with E-state index in [0.29, 0.717) is 0 Å². The second-order valence-electron chi connectivity index (χ2n) is 8.76. The van der Waals surface area contributed by atoms with Gasteiger partial charge in [-0.15, -0.1) is 0 Å². The highest BCUT2D eigenvalue weighted by atomic mass is 15.0. The molecule has 0 amide bonds. The zero-order valence-corrected chi connectivity index (χ0v) is 19.5. The van der Waals surface area contributed by atoms with Gasteiger partial charge in [0.05, 0.1) is 22.4 Å². The van der Waals surface area contributed by atoms with Crippen molar-refractivity contribution in [1.82, 2.24) is 18.8 Å². The highest BCUT2D eigenvalue weighted by Crippen LogP contribution is 2.38. The monoisotopic (exact) mass is 462 g/mol. The molecule has 0 N–H and O–H groups in total. The zero-order valence-electron chi connectivity index (χ0n) is 19.5. The van der Waals surface area contributed by atoms with Gasteiger partial charge in [0.25, 0.3) is 0 Å². The fraction of sp³-hybridized carbons (Fsp3) is 0. The van der Waals surface area contributed by atoms with Crippen LogP contribution in [0.15, 0.2) is 134 Å². The average Bonchev–Trinajstić information content (AvgIpc) is 3.54. The van der Waals surface area contributed by atoms with Crippen molar-refractivity contribution in [2.24, 2.45) is 0 Å². The molecule has 36 heavy (non-hydrogen) atoms. The van der Waals surface area contributed by atoms with Crippen LogP contribution in [0, 0.1) is 0 Å². The third-order valence-corrected chi connectivity index (χ3v) is 6.60. The van der Waals surface area contributed by atoms with Crippen molar-refractivity contribution in [3.05, 3.63) is 134 Å². The Morgan fingerprint density at radius 2 is 0.778 bits per heavy atom. The number of benzene rings is 3. The van der Waals surface area contributed by atoms with Gasteiger partial charge in [0.2, 0.25) is 0 Å². The number of hydrogen-bond donors (Lipinski definition) is 0. The van der Waals surface area contributed by atoms with Gasteiger partial charge in [-0.3, -0.25) is 8.80 Å². The minimum absolute atomic E-state index is 0.927. The van der Waals surface area contributed by atoms with Gasteiger partial charge in [-0.05, 0) is 24.3 Å². The summed E-state index contributed by atoms with van der Waals surface area (Å²) in [6, 6.07) is 41.6. The van der Waals surface area contributed by atoms with E-state index >= 15 is 0 Å². The van der Waals surface area contributed by atoms with Gasteiger partial charge in [0.1, 0.15) is 11.6 Å². The predicted molar refractivity (Wildman–Crippen MR) is 146 cm³/mol. The first-order chi connectivity index (χ1) is 17.9. The van der Waals surface area contributed by atoms with Crippen LogP contribution >= 0.6 is 0 Å².